The molecule has 0 saturated heterocycles. The molecule has 0 fully saturated rings. The molecule has 0 atom stereocenters. The van der Waals surface area contributed by atoms with Gasteiger partial charge in [0.05, 0.1) is 0 Å². The zero-order chi connectivity index (χ0) is 14.4. The molecule has 0 heterocycles. The zero-order valence-electron chi connectivity index (χ0n) is 11.2. The van der Waals surface area contributed by atoms with Crippen molar-refractivity contribution in [3.63, 3.8) is 0 Å². The van der Waals surface area contributed by atoms with E-state index in [1.807, 2.05) is 37.3 Å². The van der Waals surface area contributed by atoms with Crippen molar-refractivity contribution in [1.29, 1.82) is 0 Å². The van der Waals surface area contributed by atoms with Crippen molar-refractivity contribution in [2.75, 3.05) is 17.1 Å². The first-order valence-electron chi connectivity index (χ1n) is 6.30. The number of hydrogen-bond donors (Lipinski definition) is 1. The number of ether oxygens (including phenoxy) is 1. The van der Waals surface area contributed by atoms with E-state index in [9.17, 15) is 8.42 Å². The van der Waals surface area contributed by atoms with E-state index in [0.717, 1.165) is 5.56 Å². The van der Waals surface area contributed by atoms with Gasteiger partial charge in [-0.05, 0) is 31.2 Å². The molecule has 0 aliphatic carbocycles. The van der Waals surface area contributed by atoms with Crippen LogP contribution in [0.2, 0.25) is 0 Å². The van der Waals surface area contributed by atoms with Crippen molar-refractivity contribution < 1.29 is 13.2 Å². The largest absolute Gasteiger partial charge is 0.492 e. The lowest BCUT2D eigenvalue weighted by Gasteiger charge is -2.09. The Bertz CT molecular complexity index is 637. The van der Waals surface area contributed by atoms with Crippen LogP contribution >= 0.6 is 0 Å². The molecule has 0 radical (unpaired) electrons. The van der Waals surface area contributed by atoms with Crippen molar-refractivity contribution in [3.8, 4) is 5.75 Å². The minimum Gasteiger partial charge on any atom is -0.492 e. The van der Waals surface area contributed by atoms with E-state index in [1.165, 1.54) is 0 Å². The molecule has 1 N–H and O–H groups in total. The third-order valence-corrected chi connectivity index (χ3v) is 3.94. The highest BCUT2D eigenvalue weighted by Gasteiger charge is 2.10. The first-order valence-corrected chi connectivity index (χ1v) is 7.95. The normalized spacial score (nSPS) is 11.1. The van der Waals surface area contributed by atoms with Gasteiger partial charge in [0.15, 0.2) is 0 Å². The second kappa shape index (κ2) is 6.43. The molecule has 0 amide bonds. The van der Waals surface area contributed by atoms with Crippen LogP contribution in [0.1, 0.15) is 5.56 Å². The molecule has 0 unspecified atom stereocenters. The van der Waals surface area contributed by atoms with E-state index >= 15 is 0 Å². The number of hydrogen-bond acceptors (Lipinski definition) is 3. The number of rotatable bonds is 6. The van der Waals surface area contributed by atoms with Gasteiger partial charge in [0.1, 0.15) is 18.1 Å². The Morgan fingerprint density at radius 2 is 1.65 bits per heavy atom. The highest BCUT2D eigenvalue weighted by Crippen LogP contribution is 2.11. The van der Waals surface area contributed by atoms with Gasteiger partial charge in [-0.25, -0.2) is 8.42 Å². The molecule has 0 saturated carbocycles. The fourth-order valence-electron chi connectivity index (χ4n) is 1.64. The standard InChI is InChI=1S/C15H17NO3S/c1-13-7-9-14(10-8-13)16-20(17,18)12-11-19-15-5-3-2-4-6-15/h2-10,16H,11-12H2,1H3. The van der Waals surface area contributed by atoms with Crippen molar-refractivity contribution in [2.24, 2.45) is 0 Å². The molecule has 2 aromatic rings. The minimum atomic E-state index is -3.39. The van der Waals surface area contributed by atoms with Crippen molar-refractivity contribution >= 4 is 15.7 Å². The van der Waals surface area contributed by atoms with Crippen molar-refractivity contribution in [3.05, 3.63) is 60.2 Å². The summed E-state index contributed by atoms with van der Waals surface area (Å²) in [5, 5.41) is 0. The number of anilines is 1. The van der Waals surface area contributed by atoms with E-state index in [-0.39, 0.29) is 12.4 Å². The Balaban J connectivity index is 1.86. The Labute approximate surface area is 119 Å². The van der Waals surface area contributed by atoms with Crippen LogP contribution in [0, 0.1) is 6.92 Å². The van der Waals surface area contributed by atoms with E-state index in [2.05, 4.69) is 4.72 Å². The van der Waals surface area contributed by atoms with Gasteiger partial charge in [0.25, 0.3) is 0 Å². The highest BCUT2D eigenvalue weighted by molar-refractivity contribution is 7.92. The second-order valence-electron chi connectivity index (χ2n) is 4.45. The molecule has 2 rings (SSSR count). The van der Waals surface area contributed by atoms with Gasteiger partial charge < -0.3 is 4.74 Å². The molecule has 0 bridgehead atoms. The summed E-state index contributed by atoms with van der Waals surface area (Å²) < 4.78 is 31.7. The maximum Gasteiger partial charge on any atom is 0.236 e. The molecule has 2 aromatic carbocycles. The summed E-state index contributed by atoms with van der Waals surface area (Å²) in [4.78, 5) is 0. The number of benzene rings is 2. The molecular formula is C15H17NO3S. The SMILES string of the molecule is Cc1ccc(NS(=O)(=O)CCOc2ccccc2)cc1. The van der Waals surface area contributed by atoms with Gasteiger partial charge in [0, 0.05) is 5.69 Å². The molecule has 106 valence electrons. The van der Waals surface area contributed by atoms with Crippen LogP contribution in [0.25, 0.3) is 0 Å². The molecule has 0 aromatic heterocycles. The number of nitrogens with one attached hydrogen (secondary N) is 1. The van der Waals surface area contributed by atoms with Gasteiger partial charge in [-0.3, -0.25) is 4.72 Å². The second-order valence-corrected chi connectivity index (χ2v) is 6.29. The van der Waals surface area contributed by atoms with E-state index in [0.29, 0.717) is 11.4 Å². The lowest BCUT2D eigenvalue weighted by Crippen LogP contribution is -2.21. The quantitative estimate of drug-likeness (QED) is 0.890. The van der Waals surface area contributed by atoms with Crippen LogP contribution in [0.3, 0.4) is 0 Å². The zero-order valence-corrected chi connectivity index (χ0v) is 12.1. The molecule has 0 aliphatic heterocycles. The smallest absolute Gasteiger partial charge is 0.236 e. The Hall–Kier alpha value is -2.01. The van der Waals surface area contributed by atoms with E-state index in [1.54, 1.807) is 24.3 Å². The van der Waals surface area contributed by atoms with Gasteiger partial charge in [0.2, 0.25) is 10.0 Å². The van der Waals surface area contributed by atoms with Gasteiger partial charge in [-0.15, -0.1) is 0 Å². The summed E-state index contributed by atoms with van der Waals surface area (Å²) in [6.07, 6.45) is 0. The molecule has 0 spiro atoms. The summed E-state index contributed by atoms with van der Waals surface area (Å²) in [7, 11) is -3.39. The van der Waals surface area contributed by atoms with Crippen LogP contribution < -0.4 is 9.46 Å². The summed E-state index contributed by atoms with van der Waals surface area (Å²) in [6, 6.07) is 16.3. The summed E-state index contributed by atoms with van der Waals surface area (Å²) in [5.74, 6) is 0.577. The topological polar surface area (TPSA) is 55.4 Å². The number of aryl methyl sites for hydroxylation is 1. The highest BCUT2D eigenvalue weighted by atomic mass is 32.2. The molecule has 4 nitrogen and oxygen atoms in total. The van der Waals surface area contributed by atoms with E-state index in [4.69, 9.17) is 4.74 Å². The average molecular weight is 291 g/mol. The molecule has 0 aliphatic rings. The number of sulfonamides is 1. The Morgan fingerprint density at radius 1 is 1.00 bits per heavy atom. The fraction of sp³-hybridized carbons (Fsp3) is 0.200. The Morgan fingerprint density at radius 3 is 2.30 bits per heavy atom. The summed E-state index contributed by atoms with van der Waals surface area (Å²) >= 11 is 0. The van der Waals surface area contributed by atoms with Crippen LogP contribution in [-0.2, 0) is 10.0 Å². The summed E-state index contributed by atoms with van der Waals surface area (Å²) in [5.41, 5.74) is 1.65. The first-order chi connectivity index (χ1) is 9.55. The Kier molecular flexibility index (Phi) is 4.63. The maximum atomic E-state index is 11.9. The van der Waals surface area contributed by atoms with Crippen molar-refractivity contribution in [2.45, 2.75) is 6.92 Å². The lowest BCUT2D eigenvalue weighted by molar-refractivity contribution is 0.341. The van der Waals surface area contributed by atoms with Crippen LogP contribution in [0.15, 0.2) is 54.6 Å². The van der Waals surface area contributed by atoms with Crippen molar-refractivity contribution in [1.82, 2.24) is 0 Å². The monoisotopic (exact) mass is 291 g/mol. The van der Waals surface area contributed by atoms with Gasteiger partial charge >= 0.3 is 0 Å². The summed E-state index contributed by atoms with van der Waals surface area (Å²) in [6.45, 7) is 2.07. The first kappa shape index (κ1) is 14.4. The van der Waals surface area contributed by atoms with E-state index < -0.39 is 10.0 Å². The fourth-order valence-corrected chi connectivity index (χ4v) is 2.54. The third kappa shape index (κ3) is 4.59. The molecular weight excluding hydrogens is 274 g/mol. The van der Waals surface area contributed by atoms with Crippen LogP contribution in [0.5, 0.6) is 5.75 Å². The van der Waals surface area contributed by atoms with Gasteiger partial charge in [-0.2, -0.15) is 0 Å². The van der Waals surface area contributed by atoms with Crippen LogP contribution in [-0.4, -0.2) is 20.8 Å². The van der Waals surface area contributed by atoms with Gasteiger partial charge in [-0.1, -0.05) is 35.9 Å². The molecule has 5 heteroatoms. The van der Waals surface area contributed by atoms with Crippen LogP contribution in [0.4, 0.5) is 5.69 Å². The third-order valence-electron chi connectivity index (χ3n) is 2.69. The predicted molar refractivity (Wildman–Crippen MR) is 80.5 cm³/mol. The number of para-hydroxylation sites is 1. The molecule has 20 heavy (non-hydrogen) atoms. The minimum absolute atomic E-state index is 0.0875. The predicted octanol–water partition coefficient (Wildman–Crippen LogP) is 2.82. The maximum absolute atomic E-state index is 11.9. The average Bonchev–Trinajstić information content (AvgIpc) is 2.42. The lowest BCUT2D eigenvalue weighted by atomic mass is 10.2.